The lowest BCUT2D eigenvalue weighted by atomic mass is 10.1. The topological polar surface area (TPSA) is 20.2 Å². The van der Waals surface area contributed by atoms with E-state index < -0.39 is 0 Å². The van der Waals surface area contributed by atoms with E-state index in [-0.39, 0.29) is 6.61 Å². The van der Waals surface area contributed by atoms with Crippen LogP contribution in [0.25, 0.3) is 0 Å². The average Bonchev–Trinajstić information content (AvgIpc) is 2.19. The Morgan fingerprint density at radius 3 is 2.38 bits per heavy atom. The average molecular weight is 176 g/mol. The Hall–Kier alpha value is -1.08. The van der Waals surface area contributed by atoms with Gasteiger partial charge in [-0.1, -0.05) is 42.5 Å². The van der Waals surface area contributed by atoms with Crippen molar-refractivity contribution >= 4 is 0 Å². The number of benzene rings is 1. The normalized spacial score (nSPS) is 10.8. The number of aliphatic hydroxyl groups is 1. The van der Waals surface area contributed by atoms with Crippen LogP contribution in [0.3, 0.4) is 0 Å². The lowest BCUT2D eigenvalue weighted by molar-refractivity contribution is 0.302. The van der Waals surface area contributed by atoms with Crippen LogP contribution in [0.1, 0.15) is 18.4 Å². The molecule has 0 aliphatic carbocycles. The molecule has 1 heteroatoms. The van der Waals surface area contributed by atoms with Crippen LogP contribution in [0.2, 0.25) is 0 Å². The van der Waals surface area contributed by atoms with Gasteiger partial charge in [-0.25, -0.2) is 0 Å². The highest BCUT2D eigenvalue weighted by Crippen LogP contribution is 2.02. The van der Waals surface area contributed by atoms with Gasteiger partial charge in [-0.2, -0.15) is 0 Å². The smallest absolute Gasteiger partial charge is 0.0465 e. The lowest BCUT2D eigenvalue weighted by Gasteiger charge is -1.95. The molecule has 13 heavy (non-hydrogen) atoms. The first-order valence-corrected chi connectivity index (χ1v) is 4.73. The van der Waals surface area contributed by atoms with Crippen molar-refractivity contribution in [2.45, 2.75) is 19.3 Å². The number of rotatable bonds is 5. The molecule has 1 rings (SSSR count). The standard InChI is InChI=1S/C12H16O/c13-11-7-2-1-4-8-12-9-5-3-6-10-12/h1-3,5-6,9-10,13H,4,7-8,11H2. The van der Waals surface area contributed by atoms with Crippen LogP contribution in [-0.2, 0) is 6.42 Å². The van der Waals surface area contributed by atoms with Gasteiger partial charge in [0.1, 0.15) is 0 Å². The SMILES string of the molecule is OCCC=CCCc1ccccc1. The molecule has 0 amide bonds. The first kappa shape index (κ1) is 10.0. The molecule has 0 fully saturated rings. The second-order valence-electron chi connectivity index (χ2n) is 3.01. The molecule has 0 spiro atoms. The van der Waals surface area contributed by atoms with Gasteiger partial charge >= 0.3 is 0 Å². The van der Waals surface area contributed by atoms with Crippen LogP contribution in [-0.4, -0.2) is 11.7 Å². The van der Waals surface area contributed by atoms with Gasteiger partial charge in [0.15, 0.2) is 0 Å². The van der Waals surface area contributed by atoms with Gasteiger partial charge < -0.3 is 5.11 Å². The van der Waals surface area contributed by atoms with Gasteiger partial charge in [-0.3, -0.25) is 0 Å². The molecule has 0 aliphatic heterocycles. The summed E-state index contributed by atoms with van der Waals surface area (Å²) in [6.45, 7) is 0.252. The minimum atomic E-state index is 0.252. The summed E-state index contributed by atoms with van der Waals surface area (Å²) in [6, 6.07) is 10.4. The molecule has 0 aromatic heterocycles. The van der Waals surface area contributed by atoms with Crippen LogP contribution in [0.5, 0.6) is 0 Å². The van der Waals surface area contributed by atoms with E-state index in [0.717, 1.165) is 19.3 Å². The second kappa shape index (κ2) is 6.44. The lowest BCUT2D eigenvalue weighted by Crippen LogP contribution is -1.81. The summed E-state index contributed by atoms with van der Waals surface area (Å²) in [6.07, 6.45) is 7.08. The number of aryl methyl sites for hydroxylation is 1. The molecule has 0 atom stereocenters. The van der Waals surface area contributed by atoms with Crippen molar-refractivity contribution in [1.82, 2.24) is 0 Å². The Morgan fingerprint density at radius 2 is 1.69 bits per heavy atom. The van der Waals surface area contributed by atoms with E-state index in [4.69, 9.17) is 5.11 Å². The third kappa shape index (κ3) is 4.48. The predicted octanol–water partition coefficient (Wildman–Crippen LogP) is 2.56. The summed E-state index contributed by atoms with van der Waals surface area (Å²) < 4.78 is 0. The number of aliphatic hydroxyl groups excluding tert-OH is 1. The molecule has 1 N–H and O–H groups in total. The Morgan fingerprint density at radius 1 is 1.00 bits per heavy atom. The van der Waals surface area contributed by atoms with E-state index in [0.29, 0.717) is 0 Å². The Kier molecular flexibility index (Phi) is 4.95. The molecule has 1 nitrogen and oxygen atoms in total. The van der Waals surface area contributed by atoms with Gasteiger partial charge in [-0.15, -0.1) is 0 Å². The monoisotopic (exact) mass is 176 g/mol. The Bertz CT molecular complexity index is 239. The van der Waals surface area contributed by atoms with Crippen LogP contribution in [0, 0.1) is 0 Å². The second-order valence-corrected chi connectivity index (χ2v) is 3.01. The highest BCUT2D eigenvalue weighted by molar-refractivity contribution is 5.15. The summed E-state index contributed by atoms with van der Waals surface area (Å²) >= 11 is 0. The van der Waals surface area contributed by atoms with Crippen molar-refractivity contribution in [2.75, 3.05) is 6.61 Å². The fourth-order valence-corrected chi connectivity index (χ4v) is 1.20. The van der Waals surface area contributed by atoms with E-state index in [9.17, 15) is 0 Å². The quantitative estimate of drug-likeness (QED) is 0.684. The zero-order valence-corrected chi connectivity index (χ0v) is 7.82. The largest absolute Gasteiger partial charge is 0.396 e. The molecule has 0 saturated carbocycles. The molecule has 0 bridgehead atoms. The first-order chi connectivity index (χ1) is 6.43. The minimum absolute atomic E-state index is 0.252. The zero-order valence-electron chi connectivity index (χ0n) is 7.82. The van der Waals surface area contributed by atoms with Crippen molar-refractivity contribution in [3.63, 3.8) is 0 Å². The summed E-state index contributed by atoms with van der Waals surface area (Å²) in [5, 5.41) is 8.53. The third-order valence-corrected chi connectivity index (χ3v) is 1.90. The molecule has 0 radical (unpaired) electrons. The van der Waals surface area contributed by atoms with Gasteiger partial charge in [0.25, 0.3) is 0 Å². The Labute approximate surface area is 79.7 Å². The fourth-order valence-electron chi connectivity index (χ4n) is 1.20. The minimum Gasteiger partial charge on any atom is -0.396 e. The molecule has 1 aromatic carbocycles. The summed E-state index contributed by atoms with van der Waals surface area (Å²) in [5.41, 5.74) is 1.37. The van der Waals surface area contributed by atoms with Crippen molar-refractivity contribution in [1.29, 1.82) is 0 Å². The van der Waals surface area contributed by atoms with Gasteiger partial charge in [0.2, 0.25) is 0 Å². The number of allylic oxidation sites excluding steroid dienone is 1. The fraction of sp³-hybridized carbons (Fsp3) is 0.333. The van der Waals surface area contributed by atoms with Gasteiger partial charge in [0, 0.05) is 6.61 Å². The maximum Gasteiger partial charge on any atom is 0.0465 e. The maximum atomic E-state index is 8.53. The molecule has 0 heterocycles. The van der Waals surface area contributed by atoms with Crippen LogP contribution < -0.4 is 0 Å². The summed E-state index contributed by atoms with van der Waals surface area (Å²) in [7, 11) is 0. The Balaban J connectivity index is 2.20. The third-order valence-electron chi connectivity index (χ3n) is 1.90. The molecule has 0 aliphatic rings. The number of hydrogen-bond acceptors (Lipinski definition) is 1. The van der Waals surface area contributed by atoms with Crippen molar-refractivity contribution in [3.05, 3.63) is 48.0 Å². The molecular weight excluding hydrogens is 160 g/mol. The highest BCUT2D eigenvalue weighted by Gasteiger charge is 1.87. The van der Waals surface area contributed by atoms with E-state index in [2.05, 4.69) is 30.3 Å². The maximum absolute atomic E-state index is 8.53. The van der Waals surface area contributed by atoms with E-state index in [1.54, 1.807) is 0 Å². The predicted molar refractivity (Wildman–Crippen MR) is 55.6 cm³/mol. The molecule has 0 unspecified atom stereocenters. The van der Waals surface area contributed by atoms with Crippen LogP contribution >= 0.6 is 0 Å². The zero-order chi connectivity index (χ0) is 9.36. The van der Waals surface area contributed by atoms with Crippen molar-refractivity contribution < 1.29 is 5.11 Å². The van der Waals surface area contributed by atoms with E-state index in [1.165, 1.54) is 5.56 Å². The van der Waals surface area contributed by atoms with Crippen molar-refractivity contribution in [3.8, 4) is 0 Å². The summed E-state index contributed by atoms with van der Waals surface area (Å²) in [5.74, 6) is 0. The van der Waals surface area contributed by atoms with Crippen LogP contribution in [0.4, 0.5) is 0 Å². The van der Waals surface area contributed by atoms with E-state index in [1.807, 2.05) is 12.1 Å². The first-order valence-electron chi connectivity index (χ1n) is 4.73. The molecule has 0 saturated heterocycles. The van der Waals surface area contributed by atoms with Gasteiger partial charge in [0.05, 0.1) is 0 Å². The molecule has 70 valence electrons. The molecular formula is C12H16O. The van der Waals surface area contributed by atoms with Crippen molar-refractivity contribution in [2.24, 2.45) is 0 Å². The van der Waals surface area contributed by atoms with Crippen LogP contribution in [0.15, 0.2) is 42.5 Å². The highest BCUT2D eigenvalue weighted by atomic mass is 16.2. The van der Waals surface area contributed by atoms with Gasteiger partial charge in [-0.05, 0) is 24.8 Å². The molecule has 1 aromatic rings. The number of hydrogen-bond donors (Lipinski definition) is 1. The summed E-state index contributed by atoms with van der Waals surface area (Å²) in [4.78, 5) is 0. The van der Waals surface area contributed by atoms with E-state index >= 15 is 0 Å².